The summed E-state index contributed by atoms with van der Waals surface area (Å²) in [5.74, 6) is -0.148. The van der Waals surface area contributed by atoms with Gasteiger partial charge in [-0.1, -0.05) is 25.8 Å². The molecule has 0 aliphatic carbocycles. The van der Waals surface area contributed by atoms with Crippen LogP contribution in [0.25, 0.3) is 0 Å². The van der Waals surface area contributed by atoms with Crippen LogP contribution in [0.5, 0.6) is 0 Å². The molecule has 0 heterocycles. The minimum atomic E-state index is -0.148. The molecule has 1 N–H and O–H groups in total. The van der Waals surface area contributed by atoms with Crippen molar-refractivity contribution in [2.45, 2.75) is 52.1 Å². The molecule has 0 spiro atoms. The number of unbranched alkanes of at least 4 members (excludes halogenated alkanes) is 1. The highest BCUT2D eigenvalue weighted by molar-refractivity contribution is 5.71. The second kappa shape index (κ2) is 8.75. The summed E-state index contributed by atoms with van der Waals surface area (Å²) in [5.41, 5.74) is 2.39. The Labute approximate surface area is 86.5 Å². The van der Waals surface area contributed by atoms with Crippen LogP contribution in [0.2, 0.25) is 0 Å². The van der Waals surface area contributed by atoms with Crippen molar-refractivity contribution in [2.75, 3.05) is 0 Å². The molecule has 0 fully saturated rings. The summed E-state index contributed by atoms with van der Waals surface area (Å²) >= 11 is 0. The Morgan fingerprint density at radius 2 is 2.29 bits per heavy atom. The summed E-state index contributed by atoms with van der Waals surface area (Å²) in [4.78, 5) is 15.9. The van der Waals surface area contributed by atoms with Gasteiger partial charge in [-0.15, -0.1) is 6.58 Å². The summed E-state index contributed by atoms with van der Waals surface area (Å²) in [6, 6.07) is 0. The van der Waals surface area contributed by atoms with Gasteiger partial charge < -0.3 is 0 Å². The molecule has 0 aromatic carbocycles. The third-order valence-electron chi connectivity index (χ3n) is 1.94. The van der Waals surface area contributed by atoms with E-state index in [0.717, 1.165) is 32.1 Å². The molecule has 0 aliphatic rings. The Hall–Kier alpha value is -0.830. The SMILES string of the molecule is C=CCCC(CCCC)ONC(C)=O. The van der Waals surface area contributed by atoms with Gasteiger partial charge in [-0.25, -0.2) is 5.48 Å². The van der Waals surface area contributed by atoms with E-state index in [1.54, 1.807) is 0 Å². The lowest BCUT2D eigenvalue weighted by Crippen LogP contribution is -2.27. The molecule has 1 amide bonds. The molecule has 0 rings (SSSR count). The van der Waals surface area contributed by atoms with Crippen molar-refractivity contribution < 1.29 is 9.63 Å². The van der Waals surface area contributed by atoms with E-state index in [1.165, 1.54) is 6.92 Å². The van der Waals surface area contributed by atoms with E-state index in [0.29, 0.717) is 0 Å². The first kappa shape index (κ1) is 13.2. The fraction of sp³-hybridized carbons (Fsp3) is 0.727. The molecule has 0 saturated heterocycles. The van der Waals surface area contributed by atoms with Gasteiger partial charge in [0.15, 0.2) is 0 Å². The maximum atomic E-state index is 10.6. The summed E-state index contributed by atoms with van der Waals surface area (Å²) < 4.78 is 0. The second-order valence-corrected chi connectivity index (χ2v) is 3.41. The van der Waals surface area contributed by atoms with Gasteiger partial charge in [-0.05, 0) is 19.3 Å². The second-order valence-electron chi connectivity index (χ2n) is 3.41. The van der Waals surface area contributed by atoms with Gasteiger partial charge in [-0.3, -0.25) is 9.63 Å². The highest BCUT2D eigenvalue weighted by Gasteiger charge is 2.08. The van der Waals surface area contributed by atoms with E-state index < -0.39 is 0 Å². The number of rotatable bonds is 8. The van der Waals surface area contributed by atoms with Gasteiger partial charge >= 0.3 is 0 Å². The van der Waals surface area contributed by atoms with E-state index in [-0.39, 0.29) is 12.0 Å². The number of hydrogen-bond donors (Lipinski definition) is 1. The Bertz CT molecular complexity index is 169. The van der Waals surface area contributed by atoms with Gasteiger partial charge in [0.1, 0.15) is 0 Å². The fourth-order valence-electron chi connectivity index (χ4n) is 1.16. The fourth-order valence-corrected chi connectivity index (χ4v) is 1.16. The molecule has 0 aromatic heterocycles. The zero-order valence-corrected chi connectivity index (χ0v) is 9.21. The molecule has 3 heteroatoms. The molecule has 0 bridgehead atoms. The summed E-state index contributed by atoms with van der Waals surface area (Å²) in [6.45, 7) is 7.26. The third-order valence-corrected chi connectivity index (χ3v) is 1.94. The van der Waals surface area contributed by atoms with Gasteiger partial charge in [0.2, 0.25) is 5.91 Å². The first-order valence-corrected chi connectivity index (χ1v) is 5.23. The number of carbonyl (C=O) groups is 1. The molecule has 0 aromatic rings. The molecule has 0 saturated carbocycles. The molecule has 1 atom stereocenters. The molecule has 82 valence electrons. The highest BCUT2D eigenvalue weighted by atomic mass is 16.7. The normalized spacial score (nSPS) is 12.1. The van der Waals surface area contributed by atoms with E-state index in [2.05, 4.69) is 19.0 Å². The highest BCUT2D eigenvalue weighted by Crippen LogP contribution is 2.10. The van der Waals surface area contributed by atoms with Gasteiger partial charge in [-0.2, -0.15) is 0 Å². The van der Waals surface area contributed by atoms with Crippen molar-refractivity contribution in [1.82, 2.24) is 5.48 Å². The van der Waals surface area contributed by atoms with Crippen molar-refractivity contribution in [3.05, 3.63) is 12.7 Å². The van der Waals surface area contributed by atoms with Crippen molar-refractivity contribution in [3.63, 3.8) is 0 Å². The smallest absolute Gasteiger partial charge is 0.240 e. The maximum Gasteiger partial charge on any atom is 0.240 e. The van der Waals surface area contributed by atoms with Crippen LogP contribution in [0.15, 0.2) is 12.7 Å². The average molecular weight is 199 g/mol. The molecule has 3 nitrogen and oxygen atoms in total. The topological polar surface area (TPSA) is 38.3 Å². The van der Waals surface area contributed by atoms with Crippen LogP contribution in [0.3, 0.4) is 0 Å². The first-order valence-electron chi connectivity index (χ1n) is 5.23. The quantitative estimate of drug-likeness (QED) is 0.482. The summed E-state index contributed by atoms with van der Waals surface area (Å²) in [5, 5.41) is 0. The molecule has 14 heavy (non-hydrogen) atoms. The van der Waals surface area contributed by atoms with Crippen LogP contribution >= 0.6 is 0 Å². The van der Waals surface area contributed by atoms with E-state index in [9.17, 15) is 4.79 Å². The average Bonchev–Trinajstić information content (AvgIpc) is 2.16. The molecule has 0 radical (unpaired) electrons. The Morgan fingerprint density at radius 3 is 2.79 bits per heavy atom. The molecular weight excluding hydrogens is 178 g/mol. The first-order chi connectivity index (χ1) is 6.70. The van der Waals surface area contributed by atoms with Crippen molar-refractivity contribution in [1.29, 1.82) is 0 Å². The van der Waals surface area contributed by atoms with Crippen molar-refractivity contribution in [2.24, 2.45) is 0 Å². The van der Waals surface area contributed by atoms with Crippen molar-refractivity contribution in [3.8, 4) is 0 Å². The Kier molecular flexibility index (Phi) is 8.24. The zero-order valence-electron chi connectivity index (χ0n) is 9.21. The van der Waals surface area contributed by atoms with E-state index in [4.69, 9.17) is 4.84 Å². The third kappa shape index (κ3) is 7.80. The number of amides is 1. The molecule has 1 unspecified atom stereocenters. The summed E-state index contributed by atoms with van der Waals surface area (Å²) in [7, 11) is 0. The molecular formula is C11H21NO2. The summed E-state index contributed by atoms with van der Waals surface area (Å²) in [6.07, 6.45) is 7.10. The van der Waals surface area contributed by atoms with Gasteiger partial charge in [0, 0.05) is 6.92 Å². The molecule has 0 aliphatic heterocycles. The van der Waals surface area contributed by atoms with Crippen LogP contribution in [-0.2, 0) is 9.63 Å². The van der Waals surface area contributed by atoms with Crippen LogP contribution < -0.4 is 5.48 Å². The van der Waals surface area contributed by atoms with E-state index >= 15 is 0 Å². The minimum absolute atomic E-state index is 0.122. The number of nitrogens with one attached hydrogen (secondary N) is 1. The zero-order chi connectivity index (χ0) is 10.8. The van der Waals surface area contributed by atoms with Crippen LogP contribution in [-0.4, -0.2) is 12.0 Å². The number of allylic oxidation sites excluding steroid dienone is 1. The van der Waals surface area contributed by atoms with Gasteiger partial charge in [0.05, 0.1) is 6.10 Å². The Morgan fingerprint density at radius 1 is 1.57 bits per heavy atom. The van der Waals surface area contributed by atoms with Crippen LogP contribution in [0.4, 0.5) is 0 Å². The lowest BCUT2D eigenvalue weighted by Gasteiger charge is -2.15. The predicted molar refractivity (Wildman–Crippen MR) is 57.6 cm³/mol. The van der Waals surface area contributed by atoms with Crippen LogP contribution in [0.1, 0.15) is 46.0 Å². The number of carbonyl (C=O) groups excluding carboxylic acids is 1. The van der Waals surface area contributed by atoms with Crippen LogP contribution in [0, 0.1) is 0 Å². The largest absolute Gasteiger partial charge is 0.273 e. The number of hydrogen-bond acceptors (Lipinski definition) is 2. The standard InChI is InChI=1S/C11H21NO2/c1-4-6-8-11(9-7-5-2)14-12-10(3)13/h4,11H,1,5-9H2,2-3H3,(H,12,13). The maximum absolute atomic E-state index is 10.6. The van der Waals surface area contributed by atoms with Crippen molar-refractivity contribution >= 4 is 5.91 Å². The minimum Gasteiger partial charge on any atom is -0.273 e. The van der Waals surface area contributed by atoms with Gasteiger partial charge in [0.25, 0.3) is 0 Å². The van der Waals surface area contributed by atoms with E-state index in [1.807, 2.05) is 6.08 Å². The lowest BCUT2D eigenvalue weighted by atomic mass is 10.1. The predicted octanol–water partition coefficient (Wildman–Crippen LogP) is 2.58. The monoisotopic (exact) mass is 199 g/mol. The Balaban J connectivity index is 3.70. The number of hydroxylamine groups is 1. The lowest BCUT2D eigenvalue weighted by molar-refractivity contribution is -0.136.